The van der Waals surface area contributed by atoms with E-state index in [-0.39, 0.29) is 11.9 Å². The number of amides is 1. The van der Waals surface area contributed by atoms with Gasteiger partial charge in [0.25, 0.3) is 5.91 Å². The fourth-order valence-electron chi connectivity index (χ4n) is 3.80. The van der Waals surface area contributed by atoms with Crippen LogP contribution in [-0.2, 0) is 0 Å². The Balaban J connectivity index is 1.54. The van der Waals surface area contributed by atoms with E-state index < -0.39 is 0 Å². The molecule has 1 atom stereocenters. The maximum absolute atomic E-state index is 12.9. The van der Waals surface area contributed by atoms with E-state index in [1.54, 1.807) is 0 Å². The average Bonchev–Trinajstić information content (AvgIpc) is 3.34. The Kier molecular flexibility index (Phi) is 4.76. The molecule has 0 spiro atoms. The molecule has 0 unspecified atom stereocenters. The van der Waals surface area contributed by atoms with Gasteiger partial charge in [0.15, 0.2) is 0 Å². The molecule has 4 nitrogen and oxygen atoms in total. The first-order chi connectivity index (χ1) is 12.7. The van der Waals surface area contributed by atoms with Crippen LogP contribution in [0.4, 0.5) is 0 Å². The van der Waals surface area contributed by atoms with E-state index in [4.69, 9.17) is 4.42 Å². The SMILES string of the molecule is Cc1ccc([C@@H](CNC(=O)c2cccc3ccccc23)N2CCCC2)o1. The number of rotatable bonds is 5. The van der Waals surface area contributed by atoms with Gasteiger partial charge in [0, 0.05) is 12.1 Å². The molecule has 4 heteroatoms. The molecule has 2 heterocycles. The number of aryl methyl sites for hydroxylation is 1. The zero-order valence-electron chi connectivity index (χ0n) is 15.1. The largest absolute Gasteiger partial charge is 0.465 e. The van der Waals surface area contributed by atoms with Gasteiger partial charge in [-0.3, -0.25) is 9.69 Å². The van der Waals surface area contributed by atoms with Crippen molar-refractivity contribution in [3.05, 3.63) is 71.7 Å². The number of nitrogens with zero attached hydrogens (tertiary/aromatic N) is 1. The van der Waals surface area contributed by atoms with Gasteiger partial charge in [-0.25, -0.2) is 0 Å². The number of hydrogen-bond donors (Lipinski definition) is 1. The molecule has 3 aromatic rings. The number of hydrogen-bond acceptors (Lipinski definition) is 3. The quantitative estimate of drug-likeness (QED) is 0.747. The molecule has 134 valence electrons. The van der Waals surface area contributed by atoms with E-state index in [9.17, 15) is 4.79 Å². The van der Waals surface area contributed by atoms with Crippen molar-refractivity contribution in [2.75, 3.05) is 19.6 Å². The van der Waals surface area contributed by atoms with Gasteiger partial charge in [0.2, 0.25) is 0 Å². The minimum Gasteiger partial charge on any atom is -0.465 e. The molecule has 1 aliphatic rings. The lowest BCUT2D eigenvalue weighted by atomic mass is 10.0. The molecule has 26 heavy (non-hydrogen) atoms. The summed E-state index contributed by atoms with van der Waals surface area (Å²) in [6, 6.07) is 18.0. The van der Waals surface area contributed by atoms with Gasteiger partial charge in [-0.2, -0.15) is 0 Å². The molecule has 0 radical (unpaired) electrons. The van der Waals surface area contributed by atoms with Gasteiger partial charge < -0.3 is 9.73 Å². The summed E-state index contributed by atoms with van der Waals surface area (Å²) in [5, 5.41) is 5.20. The van der Waals surface area contributed by atoms with E-state index in [1.807, 2.05) is 61.5 Å². The monoisotopic (exact) mass is 348 g/mol. The lowest BCUT2D eigenvalue weighted by Crippen LogP contribution is -2.36. The highest BCUT2D eigenvalue weighted by atomic mass is 16.3. The zero-order chi connectivity index (χ0) is 17.9. The van der Waals surface area contributed by atoms with E-state index in [0.29, 0.717) is 6.54 Å². The second-order valence-electron chi connectivity index (χ2n) is 6.94. The Bertz CT molecular complexity index is 904. The van der Waals surface area contributed by atoms with Crippen LogP contribution >= 0.6 is 0 Å². The number of carbonyl (C=O) groups excluding carboxylic acids is 1. The molecule has 2 aromatic carbocycles. The van der Waals surface area contributed by atoms with Gasteiger partial charge >= 0.3 is 0 Å². The molecular formula is C22H24N2O2. The highest BCUT2D eigenvalue weighted by molar-refractivity contribution is 6.07. The van der Waals surface area contributed by atoms with Gasteiger partial charge in [0.1, 0.15) is 11.5 Å². The molecule has 1 aromatic heterocycles. The van der Waals surface area contributed by atoms with E-state index in [0.717, 1.165) is 40.9 Å². The van der Waals surface area contributed by atoms with Crippen LogP contribution in [0.15, 0.2) is 59.0 Å². The Hall–Kier alpha value is -2.59. The average molecular weight is 348 g/mol. The third-order valence-electron chi connectivity index (χ3n) is 5.16. The minimum absolute atomic E-state index is 0.0331. The Morgan fingerprint density at radius 2 is 1.85 bits per heavy atom. The molecule has 0 aliphatic carbocycles. The summed E-state index contributed by atoms with van der Waals surface area (Å²) in [6.45, 7) is 4.61. The normalized spacial score (nSPS) is 16.0. The summed E-state index contributed by atoms with van der Waals surface area (Å²) < 4.78 is 5.87. The summed E-state index contributed by atoms with van der Waals surface area (Å²) >= 11 is 0. The smallest absolute Gasteiger partial charge is 0.251 e. The van der Waals surface area contributed by atoms with Crippen LogP contribution in [0, 0.1) is 6.92 Å². The standard InChI is InChI=1S/C22H24N2O2/c1-16-11-12-21(26-16)20(24-13-4-5-14-24)15-23-22(25)19-10-6-8-17-7-2-3-9-18(17)19/h2-3,6-12,20H,4-5,13-15H2,1H3,(H,23,25)/t20-/m1/s1. The van der Waals surface area contributed by atoms with Gasteiger partial charge in [0.05, 0.1) is 6.04 Å². The second kappa shape index (κ2) is 7.34. The summed E-state index contributed by atoms with van der Waals surface area (Å²) in [4.78, 5) is 15.3. The molecule has 1 saturated heterocycles. The van der Waals surface area contributed by atoms with Crippen LogP contribution in [0.25, 0.3) is 10.8 Å². The van der Waals surface area contributed by atoms with Crippen molar-refractivity contribution in [1.82, 2.24) is 10.2 Å². The van der Waals surface area contributed by atoms with Crippen molar-refractivity contribution >= 4 is 16.7 Å². The highest BCUT2D eigenvalue weighted by Crippen LogP contribution is 2.26. The predicted octanol–water partition coefficient (Wildman–Crippen LogP) is 4.31. The Labute approximate surface area is 153 Å². The van der Waals surface area contributed by atoms with Crippen molar-refractivity contribution in [3.8, 4) is 0 Å². The van der Waals surface area contributed by atoms with E-state index in [2.05, 4.69) is 10.2 Å². The highest BCUT2D eigenvalue weighted by Gasteiger charge is 2.26. The third-order valence-corrected chi connectivity index (χ3v) is 5.16. The lowest BCUT2D eigenvalue weighted by molar-refractivity contribution is 0.0935. The fraction of sp³-hybridized carbons (Fsp3) is 0.318. The third kappa shape index (κ3) is 3.37. The molecule has 1 N–H and O–H groups in total. The predicted molar refractivity (Wildman–Crippen MR) is 103 cm³/mol. The van der Waals surface area contributed by atoms with Gasteiger partial charge in [-0.05, 0) is 61.8 Å². The van der Waals surface area contributed by atoms with Crippen LogP contribution in [0.2, 0.25) is 0 Å². The summed E-state index contributed by atoms with van der Waals surface area (Å²) in [7, 11) is 0. The van der Waals surface area contributed by atoms with Crippen LogP contribution in [0.5, 0.6) is 0 Å². The van der Waals surface area contributed by atoms with Crippen molar-refractivity contribution < 1.29 is 9.21 Å². The number of likely N-dealkylation sites (tertiary alicyclic amines) is 1. The maximum Gasteiger partial charge on any atom is 0.251 e. The van der Waals surface area contributed by atoms with Crippen LogP contribution in [-0.4, -0.2) is 30.4 Å². The molecule has 4 rings (SSSR count). The lowest BCUT2D eigenvalue weighted by Gasteiger charge is -2.26. The van der Waals surface area contributed by atoms with Crippen molar-refractivity contribution in [2.24, 2.45) is 0 Å². The minimum atomic E-state index is -0.0331. The molecule has 0 saturated carbocycles. The van der Waals surface area contributed by atoms with E-state index >= 15 is 0 Å². The van der Waals surface area contributed by atoms with Crippen molar-refractivity contribution in [1.29, 1.82) is 0 Å². The van der Waals surface area contributed by atoms with Gasteiger partial charge in [-0.1, -0.05) is 36.4 Å². The van der Waals surface area contributed by atoms with E-state index in [1.165, 1.54) is 12.8 Å². The Morgan fingerprint density at radius 3 is 2.62 bits per heavy atom. The second-order valence-corrected chi connectivity index (χ2v) is 6.94. The first kappa shape index (κ1) is 16.9. The topological polar surface area (TPSA) is 45.5 Å². The number of nitrogens with one attached hydrogen (secondary N) is 1. The molecule has 1 fully saturated rings. The first-order valence-corrected chi connectivity index (χ1v) is 9.29. The van der Waals surface area contributed by atoms with Crippen LogP contribution in [0.1, 0.15) is 40.8 Å². The Morgan fingerprint density at radius 1 is 1.08 bits per heavy atom. The summed E-state index contributed by atoms with van der Waals surface area (Å²) in [5.74, 6) is 1.81. The van der Waals surface area contributed by atoms with Crippen molar-refractivity contribution in [3.63, 3.8) is 0 Å². The molecule has 1 aliphatic heterocycles. The number of fused-ring (bicyclic) bond motifs is 1. The maximum atomic E-state index is 12.9. The van der Waals surface area contributed by atoms with Crippen molar-refractivity contribution in [2.45, 2.75) is 25.8 Å². The zero-order valence-corrected chi connectivity index (χ0v) is 15.1. The fourth-order valence-corrected chi connectivity index (χ4v) is 3.80. The number of carbonyl (C=O) groups is 1. The summed E-state index contributed by atoms with van der Waals surface area (Å²) in [5.41, 5.74) is 0.721. The first-order valence-electron chi connectivity index (χ1n) is 9.29. The molecule has 1 amide bonds. The number of furan rings is 1. The summed E-state index contributed by atoms with van der Waals surface area (Å²) in [6.07, 6.45) is 2.40. The van der Waals surface area contributed by atoms with Crippen LogP contribution in [0.3, 0.4) is 0 Å². The number of benzene rings is 2. The molecule has 0 bridgehead atoms. The van der Waals surface area contributed by atoms with Crippen LogP contribution < -0.4 is 5.32 Å². The molecular weight excluding hydrogens is 324 g/mol. The van der Waals surface area contributed by atoms with Gasteiger partial charge in [-0.15, -0.1) is 0 Å².